The first-order valence-corrected chi connectivity index (χ1v) is 5.75. The van der Waals surface area contributed by atoms with Crippen LogP contribution in [0.3, 0.4) is 0 Å². The molecule has 0 aromatic heterocycles. The highest BCUT2D eigenvalue weighted by molar-refractivity contribution is 5.68. The average molecular weight is 273 g/mol. The van der Waals surface area contributed by atoms with Crippen molar-refractivity contribution in [3.63, 3.8) is 0 Å². The van der Waals surface area contributed by atoms with E-state index in [2.05, 4.69) is 4.74 Å². The summed E-state index contributed by atoms with van der Waals surface area (Å²) >= 11 is 0. The second kappa shape index (κ2) is 5.97. The molecule has 0 aliphatic carbocycles. The maximum atomic E-state index is 12.0. The predicted octanol–water partition coefficient (Wildman–Crippen LogP) is 2.58. The number of nitrogens with two attached hydrogens (primary N) is 1. The topological polar surface area (TPSA) is 72.6 Å². The SMILES string of the molecule is CC(C)(N)C(CC(=O)O)c1ccc(OC(F)F)cc1. The highest BCUT2D eigenvalue weighted by Crippen LogP contribution is 2.31. The third-order valence-corrected chi connectivity index (χ3v) is 2.78. The summed E-state index contributed by atoms with van der Waals surface area (Å²) in [6.07, 6.45) is -0.126. The summed E-state index contributed by atoms with van der Waals surface area (Å²) in [6, 6.07) is 5.87. The Bertz CT molecular complexity index is 427. The van der Waals surface area contributed by atoms with Crippen LogP contribution in [-0.2, 0) is 4.79 Å². The van der Waals surface area contributed by atoms with E-state index >= 15 is 0 Å². The van der Waals surface area contributed by atoms with Crippen molar-refractivity contribution < 1.29 is 23.4 Å². The minimum absolute atomic E-state index is 0.0302. The van der Waals surface area contributed by atoms with Crippen LogP contribution in [0.5, 0.6) is 5.75 Å². The number of halogens is 2. The largest absolute Gasteiger partial charge is 0.481 e. The Morgan fingerprint density at radius 2 is 1.89 bits per heavy atom. The molecule has 0 radical (unpaired) electrons. The minimum atomic E-state index is -2.88. The van der Waals surface area contributed by atoms with E-state index < -0.39 is 24.0 Å². The molecular weight excluding hydrogens is 256 g/mol. The van der Waals surface area contributed by atoms with E-state index in [0.29, 0.717) is 5.56 Å². The van der Waals surface area contributed by atoms with E-state index in [1.807, 2.05) is 0 Å². The standard InChI is InChI=1S/C13H17F2NO3/c1-13(2,16)10(7-11(17)18)8-3-5-9(6-4-8)19-12(14)15/h3-6,10,12H,7,16H2,1-2H3,(H,17,18). The average Bonchev–Trinajstić information content (AvgIpc) is 2.25. The molecule has 6 heteroatoms. The van der Waals surface area contributed by atoms with E-state index in [-0.39, 0.29) is 12.2 Å². The summed E-state index contributed by atoms with van der Waals surface area (Å²) in [6.45, 7) is 0.570. The molecule has 0 aliphatic heterocycles. The van der Waals surface area contributed by atoms with Crippen molar-refractivity contribution in [1.82, 2.24) is 0 Å². The lowest BCUT2D eigenvalue weighted by Crippen LogP contribution is -2.40. The number of hydrogen-bond donors (Lipinski definition) is 2. The number of carbonyl (C=O) groups is 1. The van der Waals surface area contributed by atoms with Crippen molar-refractivity contribution in [1.29, 1.82) is 0 Å². The van der Waals surface area contributed by atoms with E-state index in [9.17, 15) is 13.6 Å². The highest BCUT2D eigenvalue weighted by Gasteiger charge is 2.29. The monoisotopic (exact) mass is 273 g/mol. The molecule has 1 aromatic carbocycles. The lowest BCUT2D eigenvalue weighted by atomic mass is 9.80. The van der Waals surface area contributed by atoms with Crippen molar-refractivity contribution in [3.8, 4) is 5.75 Å². The fraction of sp³-hybridized carbons (Fsp3) is 0.462. The number of ether oxygens (including phenoxy) is 1. The highest BCUT2D eigenvalue weighted by atomic mass is 19.3. The zero-order valence-electron chi connectivity index (χ0n) is 10.8. The smallest absolute Gasteiger partial charge is 0.387 e. The van der Waals surface area contributed by atoms with Crippen LogP contribution in [0.2, 0.25) is 0 Å². The normalized spacial score (nSPS) is 13.4. The van der Waals surface area contributed by atoms with Gasteiger partial charge in [0.15, 0.2) is 0 Å². The van der Waals surface area contributed by atoms with Gasteiger partial charge in [-0.2, -0.15) is 8.78 Å². The van der Waals surface area contributed by atoms with Crippen LogP contribution in [0.25, 0.3) is 0 Å². The minimum Gasteiger partial charge on any atom is -0.481 e. The number of aliphatic carboxylic acids is 1. The molecule has 0 heterocycles. The molecule has 0 amide bonds. The summed E-state index contributed by atoms with van der Waals surface area (Å²) < 4.78 is 28.3. The van der Waals surface area contributed by atoms with Gasteiger partial charge in [-0.1, -0.05) is 12.1 Å². The van der Waals surface area contributed by atoms with Crippen molar-refractivity contribution in [3.05, 3.63) is 29.8 Å². The second-order valence-corrected chi connectivity index (χ2v) is 4.92. The summed E-state index contributed by atoms with van der Waals surface area (Å²) in [7, 11) is 0. The van der Waals surface area contributed by atoms with Crippen LogP contribution in [0.4, 0.5) is 8.78 Å². The number of alkyl halides is 2. The Balaban J connectivity index is 2.94. The molecule has 0 saturated carbocycles. The zero-order chi connectivity index (χ0) is 14.6. The van der Waals surface area contributed by atoms with Gasteiger partial charge in [-0.15, -0.1) is 0 Å². The first kappa shape index (κ1) is 15.4. The number of rotatable bonds is 6. The zero-order valence-corrected chi connectivity index (χ0v) is 10.8. The molecule has 0 spiro atoms. The van der Waals surface area contributed by atoms with Gasteiger partial charge in [0.2, 0.25) is 0 Å². The Kier molecular flexibility index (Phi) is 4.83. The van der Waals surface area contributed by atoms with Gasteiger partial charge in [0, 0.05) is 11.5 Å². The van der Waals surface area contributed by atoms with Gasteiger partial charge < -0.3 is 15.6 Å². The summed E-state index contributed by atoms with van der Waals surface area (Å²) in [5, 5.41) is 8.90. The third-order valence-electron chi connectivity index (χ3n) is 2.78. The molecule has 1 atom stereocenters. The quantitative estimate of drug-likeness (QED) is 0.835. The van der Waals surface area contributed by atoms with Gasteiger partial charge in [0.25, 0.3) is 0 Å². The first-order valence-electron chi connectivity index (χ1n) is 5.75. The molecule has 1 aromatic rings. The maximum Gasteiger partial charge on any atom is 0.387 e. The summed E-state index contributed by atoms with van der Waals surface area (Å²) in [4.78, 5) is 10.9. The van der Waals surface area contributed by atoms with Crippen molar-refractivity contribution in [2.24, 2.45) is 5.73 Å². The maximum absolute atomic E-state index is 12.0. The number of hydrogen-bond acceptors (Lipinski definition) is 3. The predicted molar refractivity (Wildman–Crippen MR) is 66.3 cm³/mol. The molecule has 0 saturated heterocycles. The van der Waals surface area contributed by atoms with Gasteiger partial charge >= 0.3 is 12.6 Å². The fourth-order valence-electron chi connectivity index (χ4n) is 1.87. The van der Waals surface area contributed by atoms with E-state index in [0.717, 1.165) is 0 Å². The number of carboxylic acids is 1. The summed E-state index contributed by atoms with van der Waals surface area (Å²) in [5.41, 5.74) is 5.91. The van der Waals surface area contributed by atoms with Crippen LogP contribution >= 0.6 is 0 Å². The lowest BCUT2D eigenvalue weighted by Gasteiger charge is -2.30. The molecule has 4 nitrogen and oxygen atoms in total. The number of carboxylic acid groups (broad SMARTS) is 1. The Morgan fingerprint density at radius 1 is 1.37 bits per heavy atom. The molecule has 0 bridgehead atoms. The van der Waals surface area contributed by atoms with Gasteiger partial charge in [-0.25, -0.2) is 0 Å². The van der Waals surface area contributed by atoms with Gasteiger partial charge in [-0.3, -0.25) is 4.79 Å². The van der Waals surface area contributed by atoms with Crippen LogP contribution in [0.15, 0.2) is 24.3 Å². The molecule has 0 aliphatic rings. The number of benzene rings is 1. The fourth-order valence-corrected chi connectivity index (χ4v) is 1.87. The van der Waals surface area contributed by atoms with Crippen molar-refractivity contribution in [2.45, 2.75) is 38.3 Å². The van der Waals surface area contributed by atoms with Crippen molar-refractivity contribution in [2.75, 3.05) is 0 Å². The molecule has 106 valence electrons. The Hall–Kier alpha value is -1.69. The van der Waals surface area contributed by atoms with E-state index in [1.54, 1.807) is 26.0 Å². The van der Waals surface area contributed by atoms with Gasteiger partial charge in [-0.05, 0) is 31.5 Å². The van der Waals surface area contributed by atoms with E-state index in [4.69, 9.17) is 10.8 Å². The molecule has 1 rings (SSSR count). The molecule has 0 fully saturated rings. The van der Waals surface area contributed by atoms with Crippen LogP contribution in [0, 0.1) is 0 Å². The van der Waals surface area contributed by atoms with Crippen LogP contribution in [-0.4, -0.2) is 23.2 Å². The van der Waals surface area contributed by atoms with Crippen LogP contribution < -0.4 is 10.5 Å². The molecular formula is C13H17F2NO3. The van der Waals surface area contributed by atoms with Crippen molar-refractivity contribution >= 4 is 5.97 Å². The Labute approximate surface area is 110 Å². The Morgan fingerprint density at radius 3 is 2.26 bits per heavy atom. The lowest BCUT2D eigenvalue weighted by molar-refractivity contribution is -0.137. The van der Waals surface area contributed by atoms with Gasteiger partial charge in [0.05, 0.1) is 6.42 Å². The van der Waals surface area contributed by atoms with Crippen LogP contribution in [0.1, 0.15) is 31.7 Å². The van der Waals surface area contributed by atoms with Gasteiger partial charge in [0.1, 0.15) is 5.75 Å². The summed E-state index contributed by atoms with van der Waals surface area (Å²) in [5.74, 6) is -1.34. The molecule has 3 N–H and O–H groups in total. The third kappa shape index (κ3) is 4.82. The first-order chi connectivity index (χ1) is 8.70. The molecule has 19 heavy (non-hydrogen) atoms. The molecule has 1 unspecified atom stereocenters. The van der Waals surface area contributed by atoms with E-state index in [1.165, 1.54) is 12.1 Å². The second-order valence-electron chi connectivity index (χ2n) is 4.92.